The molecule has 106 heavy (non-hydrogen) atoms. The fourth-order valence-corrected chi connectivity index (χ4v) is 13.4. The number of carbonyl (C=O) groups excluding carboxylic acids is 2. The lowest BCUT2D eigenvalue weighted by molar-refractivity contribution is -0.390. The van der Waals surface area contributed by atoms with Gasteiger partial charge in [0, 0.05) is 13.8 Å². The van der Waals surface area contributed by atoms with Crippen molar-refractivity contribution in [1.29, 1.82) is 0 Å². The zero-order valence-electron chi connectivity index (χ0n) is 56.2. The minimum absolute atomic E-state index is 0.779. The predicted molar refractivity (Wildman–Crippen MR) is 320 cm³/mol. The molecule has 0 aromatic rings. The van der Waals surface area contributed by atoms with E-state index in [-0.39, 0.29) is 0 Å². The SMILES string of the molecule is CC(=O)N[C@@H]1[C@@H](O)[C@H](O[C@@H]2O[C@H](CO)[C@@H](O[C@@H]3O[C@H](CO[C@H]4O[C@H](CO[C@H]5O[C@H](CO)[C@@H](O)[C@H](O)[C@@H]5O[C@H]5O[C@H](CO)[C@@H](O)[C@H](O)[C@@H]5O)[C@@H](O)[C@H](O[C@H]5O[C@H](CO)[C@@H](O)[C@H](O)[C@@H]5O)[C@@H]4O)[C@@H](O)[C@H](O[C@H]4O[C@H](CO[C@H]5O[C@H](CO)[C@@H](O)[C@H](O)[C@@H]5O)[C@@H](O)[C@H](O)[C@@H]4O)[C@@H]3O)[C@H](O)[C@H]2NC(C)=O)[C@@H](CO)O[C@H]1O. The molecule has 0 radical (unpaired) electrons. The van der Waals surface area contributed by atoms with E-state index in [4.69, 9.17) is 80.5 Å². The molecule has 9 fully saturated rings. The van der Waals surface area contributed by atoms with Crippen LogP contribution in [-0.4, -0.2) is 485 Å². The van der Waals surface area contributed by atoms with Crippen molar-refractivity contribution in [2.75, 3.05) is 59.5 Å². The highest BCUT2D eigenvalue weighted by Gasteiger charge is 2.60. The normalized spacial score (nSPS) is 51.2. The first kappa shape index (κ1) is 87.2. The van der Waals surface area contributed by atoms with Gasteiger partial charge in [-0.25, -0.2) is 0 Å². The van der Waals surface area contributed by atoms with Crippen LogP contribution in [0.15, 0.2) is 0 Å². The Balaban J connectivity index is 1.02. The summed E-state index contributed by atoms with van der Waals surface area (Å²) in [6.45, 7) is -7.40. The third kappa shape index (κ3) is 18.8. The van der Waals surface area contributed by atoms with Crippen molar-refractivity contribution in [3.05, 3.63) is 0 Å². The molecule has 2 amide bonds. The second-order valence-corrected chi connectivity index (χ2v) is 26.8. The van der Waals surface area contributed by atoms with Gasteiger partial charge in [-0.05, 0) is 0 Å². The van der Waals surface area contributed by atoms with Gasteiger partial charge in [-0.3, -0.25) is 9.59 Å². The number of hydrogen-bond donors (Lipinski definition) is 29. The average Bonchev–Trinajstić information content (AvgIpc) is 0.771. The van der Waals surface area contributed by atoms with Gasteiger partial charge in [-0.2, -0.15) is 0 Å². The van der Waals surface area contributed by atoms with Crippen LogP contribution in [0.25, 0.3) is 0 Å². The monoisotopic (exact) mass is 1560 g/mol. The van der Waals surface area contributed by atoms with Crippen molar-refractivity contribution >= 4 is 11.8 Å². The number of rotatable bonds is 27. The van der Waals surface area contributed by atoms with Crippen LogP contribution in [0.2, 0.25) is 0 Å². The van der Waals surface area contributed by atoms with Gasteiger partial charge >= 0.3 is 0 Å². The first-order valence-corrected chi connectivity index (χ1v) is 33.7. The molecule has 0 unspecified atom stereocenters. The third-order valence-electron chi connectivity index (χ3n) is 19.5. The van der Waals surface area contributed by atoms with Gasteiger partial charge in [0.1, 0.15) is 220 Å². The zero-order chi connectivity index (χ0) is 77.9. The molecule has 0 saturated carbocycles. The van der Waals surface area contributed by atoms with E-state index < -0.39 is 348 Å². The Bertz CT molecular complexity index is 2710. The van der Waals surface area contributed by atoms with E-state index in [9.17, 15) is 147 Å². The molecule has 0 aliphatic carbocycles. The van der Waals surface area contributed by atoms with Crippen molar-refractivity contribution in [2.45, 2.75) is 290 Å². The molecule has 9 aliphatic heterocycles. The number of hydrogen-bond acceptors (Lipinski definition) is 46. The fraction of sp³-hybridized carbons (Fsp3) is 0.966. The summed E-state index contributed by atoms with van der Waals surface area (Å²) in [4.78, 5) is 25.0. The van der Waals surface area contributed by atoms with Crippen LogP contribution in [0.5, 0.6) is 0 Å². The molecule has 9 saturated heterocycles. The first-order valence-electron chi connectivity index (χ1n) is 33.7. The van der Waals surface area contributed by atoms with E-state index in [0.29, 0.717) is 0 Å². The number of aliphatic hydroxyl groups excluding tert-OH is 27. The number of amides is 2. The van der Waals surface area contributed by atoms with Crippen LogP contribution in [0, 0.1) is 0 Å². The summed E-state index contributed by atoms with van der Waals surface area (Å²) in [6.07, 6.45) is -89.0. The fourth-order valence-electron chi connectivity index (χ4n) is 13.4. The molecule has 0 spiro atoms. The van der Waals surface area contributed by atoms with E-state index >= 15 is 0 Å². The molecular formula is C58H98N2O46. The zero-order valence-corrected chi connectivity index (χ0v) is 56.2. The first-order chi connectivity index (χ1) is 50.1. The number of ether oxygens (including phenoxy) is 17. The van der Waals surface area contributed by atoms with Crippen LogP contribution >= 0.6 is 0 Å². The van der Waals surface area contributed by atoms with Crippen molar-refractivity contribution in [3.8, 4) is 0 Å². The van der Waals surface area contributed by atoms with E-state index in [1.165, 1.54) is 0 Å². The largest absolute Gasteiger partial charge is 0.394 e. The Hall–Kier alpha value is -2.82. The van der Waals surface area contributed by atoms with Crippen LogP contribution in [0.3, 0.4) is 0 Å². The number of aliphatic hydroxyl groups is 27. The van der Waals surface area contributed by atoms with E-state index in [2.05, 4.69) is 10.6 Å². The Morgan fingerprint density at radius 3 is 0.934 bits per heavy atom. The predicted octanol–water partition coefficient (Wildman–Crippen LogP) is -20.3. The van der Waals surface area contributed by atoms with Crippen molar-refractivity contribution in [3.63, 3.8) is 0 Å². The Kier molecular flexibility index (Phi) is 31.1. The van der Waals surface area contributed by atoms with Gasteiger partial charge in [-0.1, -0.05) is 0 Å². The molecule has 48 heteroatoms. The van der Waals surface area contributed by atoms with Crippen molar-refractivity contribution in [2.24, 2.45) is 0 Å². The lowest BCUT2D eigenvalue weighted by Crippen LogP contribution is -2.70. The summed E-state index contributed by atoms with van der Waals surface area (Å²) in [5.41, 5.74) is 0. The molecule has 9 rings (SSSR count). The van der Waals surface area contributed by atoms with Crippen molar-refractivity contribution in [1.82, 2.24) is 10.6 Å². The molecule has 9 heterocycles. The van der Waals surface area contributed by atoms with Gasteiger partial charge in [0.15, 0.2) is 56.6 Å². The van der Waals surface area contributed by atoms with Crippen LogP contribution in [0.4, 0.5) is 0 Å². The minimum Gasteiger partial charge on any atom is -0.394 e. The molecule has 9 aliphatic rings. The summed E-state index contributed by atoms with van der Waals surface area (Å²) in [5, 5.41) is 300. The van der Waals surface area contributed by atoms with E-state index in [1.54, 1.807) is 0 Å². The average molecular weight is 1560 g/mol. The summed E-state index contributed by atoms with van der Waals surface area (Å²) in [6, 6.07) is -3.53. The highest BCUT2D eigenvalue weighted by atomic mass is 16.8. The summed E-state index contributed by atoms with van der Waals surface area (Å²) in [5.74, 6) is -1.71. The maximum absolute atomic E-state index is 12.9. The van der Waals surface area contributed by atoms with Crippen LogP contribution < -0.4 is 10.6 Å². The quantitative estimate of drug-likeness (QED) is 0.0363. The molecule has 29 N–H and O–H groups in total. The van der Waals surface area contributed by atoms with E-state index in [1.807, 2.05) is 0 Å². The Morgan fingerprint density at radius 2 is 0.509 bits per heavy atom. The molecule has 0 aromatic carbocycles. The second kappa shape index (κ2) is 37.9. The molecule has 0 bridgehead atoms. The highest BCUT2D eigenvalue weighted by molar-refractivity contribution is 5.73. The van der Waals surface area contributed by atoms with Crippen LogP contribution in [-0.2, 0) is 90.1 Å². The molecule has 45 atom stereocenters. The van der Waals surface area contributed by atoms with Gasteiger partial charge < -0.3 is 229 Å². The second-order valence-electron chi connectivity index (χ2n) is 26.8. The summed E-state index contributed by atoms with van der Waals surface area (Å²) < 4.78 is 98.2. The van der Waals surface area contributed by atoms with Gasteiger partial charge in [0.25, 0.3) is 0 Å². The van der Waals surface area contributed by atoms with Gasteiger partial charge in [0.05, 0.1) is 59.5 Å². The molecule has 0 aromatic heterocycles. The van der Waals surface area contributed by atoms with Crippen LogP contribution in [0.1, 0.15) is 13.8 Å². The van der Waals surface area contributed by atoms with Gasteiger partial charge in [0.2, 0.25) is 11.8 Å². The maximum atomic E-state index is 12.9. The maximum Gasteiger partial charge on any atom is 0.217 e. The molecular weight excluding hydrogens is 1460 g/mol. The standard InChI is InChI=1S/C58H98N2O46/c1-12(67)59-23-32(76)45(18(7-65)93-50(23)89)102-51-24(60-13(2)68)33(77)46(19(8-66)98-51)103-57-44(88)48(105-56-42(86)37(81)29(73)20(100-56)9-90-52-39(83)34(78)25(69)14(3-61)94-52)31(75)22(101-57)10-91-53-43(87)47(104-54-40(84)35(79)26(70)15(4-62)95-54)30(74)21(99-53)11-92-58-49(38(82)28(72)17(6-64)97-58)106-55-41(85)36(80)27(71)16(5-63)96-55/h14-58,61-66,69-89H,3-11H2,1-2H3,(H,59,67)(H,60,68)/t14-,15-,16-,17-,18-,19-,20-,21-,22-,23-,24-,25-,26-,27-,28-,29-,30-,31-,32-,33-,34+,35+,36+,37+,38+,39+,40+,41+,42+,43+,44+,45-,46-,47+,48+,49+,50-,51+,52+,53+,54-,55-,56-,57+,58+/m1/s1. The lowest BCUT2D eigenvalue weighted by atomic mass is 9.94. The lowest BCUT2D eigenvalue weighted by Gasteiger charge is -2.50. The highest BCUT2D eigenvalue weighted by Crippen LogP contribution is 2.39. The minimum atomic E-state index is -2.50. The number of nitrogens with one attached hydrogen (secondary N) is 2. The van der Waals surface area contributed by atoms with Crippen molar-refractivity contribution < 1.29 is 228 Å². The summed E-state index contributed by atoms with van der Waals surface area (Å²) >= 11 is 0. The third-order valence-corrected chi connectivity index (χ3v) is 19.5. The summed E-state index contributed by atoms with van der Waals surface area (Å²) in [7, 11) is 0. The number of carbonyl (C=O) groups is 2. The topological polar surface area (TPSA) is 761 Å². The van der Waals surface area contributed by atoms with E-state index in [0.717, 1.165) is 13.8 Å². The molecule has 616 valence electrons. The smallest absolute Gasteiger partial charge is 0.217 e. The molecule has 48 nitrogen and oxygen atoms in total. The Labute approximate surface area is 598 Å². The van der Waals surface area contributed by atoms with Gasteiger partial charge in [-0.15, -0.1) is 0 Å². The Morgan fingerprint density at radius 1 is 0.245 bits per heavy atom.